The lowest BCUT2D eigenvalue weighted by atomic mass is 10.1. The summed E-state index contributed by atoms with van der Waals surface area (Å²) in [6, 6.07) is 13.5. The molecule has 0 heterocycles. The minimum Gasteiger partial charge on any atom is -0.369 e. The summed E-state index contributed by atoms with van der Waals surface area (Å²) in [6.07, 6.45) is 0. The molecule has 0 saturated heterocycles. The summed E-state index contributed by atoms with van der Waals surface area (Å²) < 4.78 is 18.5. The molecule has 2 rings (SSSR count). The Bertz CT molecular complexity index is 570. The zero-order chi connectivity index (χ0) is 13.7. The first-order valence-electron chi connectivity index (χ1n) is 5.77. The van der Waals surface area contributed by atoms with Crippen molar-refractivity contribution in [3.8, 4) is 0 Å². The fraction of sp³-hybridized carbons (Fsp3) is 0.133. The number of hydrogen-bond donors (Lipinski definition) is 0. The van der Waals surface area contributed by atoms with Crippen LogP contribution in [0.3, 0.4) is 0 Å². The van der Waals surface area contributed by atoms with Crippen molar-refractivity contribution in [1.29, 1.82) is 0 Å². The molecule has 0 amide bonds. The van der Waals surface area contributed by atoms with Crippen LogP contribution in [0, 0.1) is 5.82 Å². The second kappa shape index (κ2) is 6.45. The summed E-state index contributed by atoms with van der Waals surface area (Å²) in [5.41, 5.74) is 1.24. The number of halogens is 2. The molecule has 0 spiro atoms. The van der Waals surface area contributed by atoms with Crippen molar-refractivity contribution in [2.75, 3.05) is 6.61 Å². The lowest BCUT2D eigenvalue weighted by Gasteiger charge is -2.04. The smallest absolute Gasteiger partial charge is 0.188 e. The highest BCUT2D eigenvalue weighted by molar-refractivity contribution is 6.30. The molecule has 0 aliphatic rings. The van der Waals surface area contributed by atoms with E-state index in [2.05, 4.69) is 0 Å². The van der Waals surface area contributed by atoms with Crippen LogP contribution in [0.1, 0.15) is 15.9 Å². The van der Waals surface area contributed by atoms with Crippen molar-refractivity contribution < 1.29 is 13.9 Å². The Hall–Kier alpha value is -1.71. The Morgan fingerprint density at radius 2 is 1.89 bits per heavy atom. The maximum absolute atomic E-state index is 13.2. The van der Waals surface area contributed by atoms with E-state index >= 15 is 0 Å². The number of carbonyl (C=O) groups is 1. The van der Waals surface area contributed by atoms with Crippen LogP contribution in [-0.2, 0) is 11.3 Å². The second-order valence-electron chi connectivity index (χ2n) is 4.03. The van der Waals surface area contributed by atoms with Crippen LogP contribution in [0.25, 0.3) is 0 Å². The van der Waals surface area contributed by atoms with E-state index in [1.165, 1.54) is 12.1 Å². The first-order valence-corrected chi connectivity index (χ1v) is 6.14. The Morgan fingerprint density at radius 3 is 2.58 bits per heavy atom. The van der Waals surface area contributed by atoms with Gasteiger partial charge in [-0.05, 0) is 23.8 Å². The van der Waals surface area contributed by atoms with E-state index in [-0.39, 0.29) is 23.0 Å². The number of carbonyl (C=O) groups excluding carboxylic acids is 1. The first-order chi connectivity index (χ1) is 9.16. The Labute approximate surface area is 115 Å². The minimum atomic E-state index is -0.601. The summed E-state index contributed by atoms with van der Waals surface area (Å²) >= 11 is 5.55. The van der Waals surface area contributed by atoms with Gasteiger partial charge in [-0.15, -0.1) is 0 Å². The van der Waals surface area contributed by atoms with Crippen LogP contribution in [0.2, 0.25) is 5.02 Å². The van der Waals surface area contributed by atoms with Gasteiger partial charge in [0.15, 0.2) is 5.78 Å². The van der Waals surface area contributed by atoms with Crippen molar-refractivity contribution >= 4 is 17.4 Å². The fourth-order valence-electron chi connectivity index (χ4n) is 1.59. The van der Waals surface area contributed by atoms with E-state index in [9.17, 15) is 9.18 Å². The largest absolute Gasteiger partial charge is 0.369 e. The normalized spacial score (nSPS) is 10.4. The zero-order valence-corrected chi connectivity index (χ0v) is 10.9. The summed E-state index contributed by atoms with van der Waals surface area (Å²) in [7, 11) is 0. The summed E-state index contributed by atoms with van der Waals surface area (Å²) in [6.45, 7) is 0.263. The average Bonchev–Trinajstić information content (AvgIpc) is 2.43. The van der Waals surface area contributed by atoms with Gasteiger partial charge in [0.05, 0.1) is 11.6 Å². The standard InChI is InChI=1S/C15H12ClFO2/c16-13-7-6-12(8-14(13)17)15(18)10-19-9-11-4-2-1-3-5-11/h1-8H,9-10H2. The molecule has 2 nitrogen and oxygen atoms in total. The third-order valence-electron chi connectivity index (χ3n) is 2.59. The lowest BCUT2D eigenvalue weighted by Crippen LogP contribution is -2.09. The van der Waals surface area contributed by atoms with Gasteiger partial charge >= 0.3 is 0 Å². The van der Waals surface area contributed by atoms with Crippen LogP contribution in [0.5, 0.6) is 0 Å². The van der Waals surface area contributed by atoms with Crippen molar-refractivity contribution in [2.24, 2.45) is 0 Å². The van der Waals surface area contributed by atoms with Gasteiger partial charge in [0, 0.05) is 5.56 Å². The maximum Gasteiger partial charge on any atom is 0.188 e. The molecule has 0 aromatic heterocycles. The topological polar surface area (TPSA) is 26.3 Å². The third kappa shape index (κ3) is 3.88. The summed E-state index contributed by atoms with van der Waals surface area (Å²) in [5.74, 6) is -0.873. The van der Waals surface area contributed by atoms with E-state index < -0.39 is 5.82 Å². The molecule has 0 aliphatic carbocycles. The molecule has 0 saturated carbocycles. The van der Waals surface area contributed by atoms with Gasteiger partial charge in [-0.25, -0.2) is 4.39 Å². The number of Topliss-reactive ketones (excluding diaryl/α,β-unsaturated/α-hetero) is 1. The highest BCUT2D eigenvalue weighted by Gasteiger charge is 2.09. The molecule has 19 heavy (non-hydrogen) atoms. The Morgan fingerprint density at radius 1 is 1.16 bits per heavy atom. The Kier molecular flexibility index (Phi) is 4.66. The van der Waals surface area contributed by atoms with E-state index in [0.29, 0.717) is 6.61 Å². The quantitative estimate of drug-likeness (QED) is 0.776. The van der Waals surface area contributed by atoms with E-state index in [1.54, 1.807) is 0 Å². The molecular formula is C15H12ClFO2. The average molecular weight is 279 g/mol. The maximum atomic E-state index is 13.2. The van der Waals surface area contributed by atoms with Crippen LogP contribution < -0.4 is 0 Å². The molecule has 0 radical (unpaired) electrons. The molecule has 4 heteroatoms. The van der Waals surface area contributed by atoms with Crippen molar-refractivity contribution in [3.63, 3.8) is 0 Å². The molecule has 0 bridgehead atoms. The monoisotopic (exact) mass is 278 g/mol. The number of rotatable bonds is 5. The predicted octanol–water partition coefficient (Wildman–Crippen LogP) is 3.88. The van der Waals surface area contributed by atoms with Gasteiger partial charge in [-0.3, -0.25) is 4.79 Å². The second-order valence-corrected chi connectivity index (χ2v) is 4.44. The molecule has 0 atom stereocenters. The lowest BCUT2D eigenvalue weighted by molar-refractivity contribution is 0.0726. The number of benzene rings is 2. The van der Waals surface area contributed by atoms with Gasteiger partial charge < -0.3 is 4.74 Å². The van der Waals surface area contributed by atoms with Crippen LogP contribution in [0.15, 0.2) is 48.5 Å². The highest BCUT2D eigenvalue weighted by Crippen LogP contribution is 2.16. The third-order valence-corrected chi connectivity index (χ3v) is 2.89. The number of ether oxygens (including phenoxy) is 1. The SMILES string of the molecule is O=C(COCc1ccccc1)c1ccc(Cl)c(F)c1. The Balaban J connectivity index is 1.89. The van der Waals surface area contributed by atoms with E-state index in [0.717, 1.165) is 11.6 Å². The summed E-state index contributed by atoms with van der Waals surface area (Å²) in [5, 5.41) is 0.00162. The molecule has 98 valence electrons. The number of ketones is 1. The molecule has 2 aromatic carbocycles. The van der Waals surface area contributed by atoms with E-state index in [1.807, 2.05) is 30.3 Å². The molecule has 0 aliphatic heterocycles. The molecule has 0 N–H and O–H groups in total. The molecular weight excluding hydrogens is 267 g/mol. The van der Waals surface area contributed by atoms with E-state index in [4.69, 9.17) is 16.3 Å². The molecule has 2 aromatic rings. The molecule has 0 fully saturated rings. The zero-order valence-electron chi connectivity index (χ0n) is 10.1. The predicted molar refractivity (Wildman–Crippen MR) is 71.8 cm³/mol. The van der Waals surface area contributed by atoms with Gasteiger partial charge in [0.2, 0.25) is 0 Å². The number of hydrogen-bond acceptors (Lipinski definition) is 2. The van der Waals surface area contributed by atoms with Gasteiger partial charge in [-0.2, -0.15) is 0 Å². The van der Waals surface area contributed by atoms with Crippen LogP contribution in [-0.4, -0.2) is 12.4 Å². The van der Waals surface area contributed by atoms with Crippen molar-refractivity contribution in [2.45, 2.75) is 6.61 Å². The molecule has 0 unspecified atom stereocenters. The van der Waals surface area contributed by atoms with Crippen LogP contribution in [0.4, 0.5) is 4.39 Å². The van der Waals surface area contributed by atoms with Gasteiger partial charge in [-0.1, -0.05) is 41.9 Å². The van der Waals surface area contributed by atoms with Crippen LogP contribution >= 0.6 is 11.6 Å². The van der Waals surface area contributed by atoms with Gasteiger partial charge in [0.1, 0.15) is 12.4 Å². The fourth-order valence-corrected chi connectivity index (χ4v) is 1.71. The summed E-state index contributed by atoms with van der Waals surface area (Å²) in [4.78, 5) is 11.8. The minimum absolute atomic E-state index is 0.00162. The van der Waals surface area contributed by atoms with Crippen molar-refractivity contribution in [1.82, 2.24) is 0 Å². The van der Waals surface area contributed by atoms with Crippen molar-refractivity contribution in [3.05, 3.63) is 70.5 Å². The highest BCUT2D eigenvalue weighted by atomic mass is 35.5. The first kappa shape index (κ1) is 13.7. The van der Waals surface area contributed by atoms with Gasteiger partial charge in [0.25, 0.3) is 0 Å².